The van der Waals surface area contributed by atoms with E-state index in [1.807, 2.05) is 20.8 Å². The van der Waals surface area contributed by atoms with E-state index in [2.05, 4.69) is 10.3 Å². The molecule has 0 aliphatic carbocycles. The Morgan fingerprint density at radius 2 is 2.28 bits per heavy atom. The Kier molecular flexibility index (Phi) is 4.93. The van der Waals surface area contributed by atoms with Crippen LogP contribution in [-0.2, 0) is 4.74 Å². The summed E-state index contributed by atoms with van der Waals surface area (Å²) in [5.41, 5.74) is -0.278. The zero-order valence-corrected chi connectivity index (χ0v) is 11.4. The number of aromatic carboxylic acids is 1. The van der Waals surface area contributed by atoms with E-state index in [-0.39, 0.29) is 16.2 Å². The number of hydrogen-bond donors (Lipinski definition) is 2. The molecule has 0 bridgehead atoms. The van der Waals surface area contributed by atoms with Crippen molar-refractivity contribution < 1.29 is 14.6 Å². The largest absolute Gasteiger partial charge is 0.478 e. The Morgan fingerprint density at radius 3 is 2.78 bits per heavy atom. The van der Waals surface area contributed by atoms with Crippen LogP contribution >= 0.6 is 11.6 Å². The van der Waals surface area contributed by atoms with E-state index in [4.69, 9.17) is 21.4 Å². The minimum Gasteiger partial charge on any atom is -0.478 e. The second kappa shape index (κ2) is 6.02. The van der Waals surface area contributed by atoms with Gasteiger partial charge in [0.2, 0.25) is 0 Å². The van der Waals surface area contributed by atoms with Crippen LogP contribution in [0.5, 0.6) is 0 Å². The molecule has 0 atom stereocenters. The monoisotopic (exact) mass is 272 g/mol. The van der Waals surface area contributed by atoms with Gasteiger partial charge in [-0.15, -0.1) is 0 Å². The van der Waals surface area contributed by atoms with Crippen LogP contribution in [0, 0.1) is 0 Å². The zero-order valence-electron chi connectivity index (χ0n) is 10.7. The van der Waals surface area contributed by atoms with Gasteiger partial charge in [-0.1, -0.05) is 11.6 Å². The standard InChI is InChI=1S/C12H17ClN2O3/c1-4-18-12(2,3)7-15-10-9(13)5-8(6-14-10)11(16)17/h5-6H,4,7H2,1-3H3,(H,14,15)(H,16,17). The average molecular weight is 273 g/mol. The molecule has 0 amide bonds. The van der Waals surface area contributed by atoms with Crippen LogP contribution < -0.4 is 5.32 Å². The van der Waals surface area contributed by atoms with E-state index in [0.29, 0.717) is 19.0 Å². The van der Waals surface area contributed by atoms with Crippen molar-refractivity contribution in [1.29, 1.82) is 0 Å². The number of pyridine rings is 1. The van der Waals surface area contributed by atoms with Crippen LogP contribution in [0.1, 0.15) is 31.1 Å². The van der Waals surface area contributed by atoms with Gasteiger partial charge < -0.3 is 15.2 Å². The predicted molar refractivity (Wildman–Crippen MR) is 70.4 cm³/mol. The second-order valence-electron chi connectivity index (χ2n) is 4.41. The van der Waals surface area contributed by atoms with Crippen LogP contribution in [0.15, 0.2) is 12.3 Å². The summed E-state index contributed by atoms with van der Waals surface area (Å²) in [7, 11) is 0. The molecule has 5 nitrogen and oxygen atoms in total. The lowest BCUT2D eigenvalue weighted by Gasteiger charge is -2.25. The highest BCUT2D eigenvalue weighted by atomic mass is 35.5. The first-order valence-electron chi connectivity index (χ1n) is 5.62. The molecule has 0 unspecified atom stereocenters. The molecule has 0 spiro atoms. The summed E-state index contributed by atoms with van der Waals surface area (Å²) in [5, 5.41) is 12.1. The van der Waals surface area contributed by atoms with Gasteiger partial charge in [-0.05, 0) is 26.8 Å². The fourth-order valence-corrected chi connectivity index (χ4v) is 1.66. The number of rotatable bonds is 6. The molecule has 0 fully saturated rings. The van der Waals surface area contributed by atoms with E-state index in [9.17, 15) is 4.79 Å². The highest BCUT2D eigenvalue weighted by molar-refractivity contribution is 6.33. The molecule has 0 aliphatic heterocycles. The molecule has 1 aromatic rings. The van der Waals surface area contributed by atoms with Crippen LogP contribution in [0.2, 0.25) is 5.02 Å². The number of ether oxygens (including phenoxy) is 1. The third-order valence-corrected chi connectivity index (χ3v) is 2.59. The van der Waals surface area contributed by atoms with E-state index in [1.54, 1.807) is 0 Å². The first kappa shape index (κ1) is 14.7. The smallest absolute Gasteiger partial charge is 0.337 e. The fraction of sp³-hybridized carbons (Fsp3) is 0.500. The Morgan fingerprint density at radius 1 is 1.61 bits per heavy atom. The first-order valence-corrected chi connectivity index (χ1v) is 6.00. The van der Waals surface area contributed by atoms with Crippen molar-refractivity contribution in [1.82, 2.24) is 4.98 Å². The van der Waals surface area contributed by atoms with Crippen LogP contribution in [0.25, 0.3) is 0 Å². The number of carboxylic acid groups (broad SMARTS) is 1. The summed E-state index contributed by atoms with van der Waals surface area (Å²) in [6, 6.07) is 1.37. The number of hydrogen-bond acceptors (Lipinski definition) is 4. The van der Waals surface area contributed by atoms with Crippen LogP contribution in [0.4, 0.5) is 5.82 Å². The molecule has 1 heterocycles. The molecule has 0 aliphatic rings. The van der Waals surface area contributed by atoms with E-state index < -0.39 is 5.97 Å². The molecule has 0 saturated heterocycles. The molecular formula is C12H17ClN2O3. The maximum absolute atomic E-state index is 10.7. The first-order chi connectivity index (χ1) is 8.35. The fourth-order valence-electron chi connectivity index (χ4n) is 1.42. The van der Waals surface area contributed by atoms with E-state index in [0.717, 1.165) is 0 Å². The quantitative estimate of drug-likeness (QED) is 0.833. The summed E-state index contributed by atoms with van der Waals surface area (Å²) in [6.45, 7) is 6.97. The van der Waals surface area contributed by atoms with E-state index >= 15 is 0 Å². The Labute approximate surface area is 111 Å². The number of nitrogens with zero attached hydrogens (tertiary/aromatic N) is 1. The highest BCUT2D eigenvalue weighted by Crippen LogP contribution is 2.21. The molecular weight excluding hydrogens is 256 g/mol. The van der Waals surface area contributed by atoms with Gasteiger partial charge in [-0.2, -0.15) is 0 Å². The van der Waals surface area contributed by atoms with Crippen molar-refractivity contribution in [3.05, 3.63) is 22.8 Å². The topological polar surface area (TPSA) is 71.5 Å². The summed E-state index contributed by atoms with van der Waals surface area (Å²) < 4.78 is 5.53. The Balaban J connectivity index is 2.71. The maximum atomic E-state index is 10.7. The van der Waals surface area contributed by atoms with Crippen LogP contribution in [0.3, 0.4) is 0 Å². The van der Waals surface area contributed by atoms with Crippen molar-refractivity contribution in [3.63, 3.8) is 0 Å². The van der Waals surface area contributed by atoms with Gasteiger partial charge in [0.25, 0.3) is 0 Å². The molecule has 100 valence electrons. The van der Waals surface area contributed by atoms with Gasteiger partial charge in [0.15, 0.2) is 0 Å². The lowest BCUT2D eigenvalue weighted by molar-refractivity contribution is 0.000636. The van der Waals surface area contributed by atoms with Gasteiger partial charge in [0.1, 0.15) is 5.82 Å². The molecule has 0 aromatic carbocycles. The van der Waals surface area contributed by atoms with Crippen molar-refractivity contribution in [2.75, 3.05) is 18.5 Å². The van der Waals surface area contributed by atoms with Crippen molar-refractivity contribution >= 4 is 23.4 Å². The maximum Gasteiger partial charge on any atom is 0.337 e. The van der Waals surface area contributed by atoms with Gasteiger partial charge in [0, 0.05) is 19.3 Å². The lowest BCUT2D eigenvalue weighted by Crippen LogP contribution is -2.33. The summed E-state index contributed by atoms with van der Waals surface area (Å²) in [6.07, 6.45) is 1.27. The van der Waals surface area contributed by atoms with Crippen molar-refractivity contribution in [2.24, 2.45) is 0 Å². The lowest BCUT2D eigenvalue weighted by atomic mass is 10.1. The number of carbonyl (C=O) groups is 1. The number of carboxylic acids is 1. The summed E-state index contributed by atoms with van der Waals surface area (Å²) in [4.78, 5) is 14.7. The third kappa shape index (κ3) is 4.16. The Hall–Kier alpha value is -1.33. The van der Waals surface area contributed by atoms with Gasteiger partial charge in [-0.3, -0.25) is 0 Å². The molecule has 1 aromatic heterocycles. The summed E-state index contributed by atoms with van der Waals surface area (Å²) in [5.74, 6) is -0.597. The zero-order chi connectivity index (χ0) is 13.8. The number of halogens is 1. The van der Waals surface area contributed by atoms with Crippen LogP contribution in [-0.4, -0.2) is 34.8 Å². The molecule has 2 N–H and O–H groups in total. The Bertz CT molecular complexity index is 435. The minimum absolute atomic E-state index is 0.0645. The van der Waals surface area contributed by atoms with Crippen molar-refractivity contribution in [3.8, 4) is 0 Å². The van der Waals surface area contributed by atoms with Gasteiger partial charge >= 0.3 is 5.97 Å². The average Bonchev–Trinajstić information content (AvgIpc) is 2.27. The molecule has 18 heavy (non-hydrogen) atoms. The number of aromatic nitrogens is 1. The predicted octanol–water partition coefficient (Wildman–Crippen LogP) is 2.66. The molecule has 6 heteroatoms. The minimum atomic E-state index is -1.05. The van der Waals surface area contributed by atoms with Crippen molar-refractivity contribution in [2.45, 2.75) is 26.4 Å². The highest BCUT2D eigenvalue weighted by Gasteiger charge is 2.18. The molecule has 0 saturated carbocycles. The second-order valence-corrected chi connectivity index (χ2v) is 4.81. The molecule has 1 rings (SSSR count). The van der Waals surface area contributed by atoms with E-state index in [1.165, 1.54) is 12.3 Å². The third-order valence-electron chi connectivity index (χ3n) is 2.30. The number of nitrogens with one attached hydrogen (secondary N) is 1. The normalized spacial score (nSPS) is 11.3. The number of anilines is 1. The summed E-state index contributed by atoms with van der Waals surface area (Å²) >= 11 is 5.95. The van der Waals surface area contributed by atoms with Gasteiger partial charge in [-0.25, -0.2) is 9.78 Å². The SMILES string of the molecule is CCOC(C)(C)CNc1ncc(C(=O)O)cc1Cl. The molecule has 0 radical (unpaired) electrons. The van der Waals surface area contributed by atoms with Gasteiger partial charge in [0.05, 0.1) is 16.2 Å².